The van der Waals surface area contributed by atoms with Crippen LogP contribution in [0, 0.1) is 11.8 Å². The highest BCUT2D eigenvalue weighted by Gasteiger charge is 2.29. The monoisotopic (exact) mass is 456 g/mol. The van der Waals surface area contributed by atoms with Gasteiger partial charge in [0.2, 0.25) is 11.7 Å². The maximum absolute atomic E-state index is 12.9. The van der Waals surface area contributed by atoms with Crippen molar-refractivity contribution in [2.45, 2.75) is 40.8 Å². The fourth-order valence-corrected chi connectivity index (χ4v) is 4.43. The van der Waals surface area contributed by atoms with E-state index in [0.29, 0.717) is 58.6 Å². The molecule has 0 radical (unpaired) electrons. The standard InChI is InChI=1S/C23H29ClN6O2/c1-14(2)9-29(10-15(3)4)12-19-26-22(27-32-19)21-18-11-28(5)23(31)20-16(24)7-6-8-17(20)30(18)13-25-21/h6-8,13-15H,9-12H2,1-5H3. The third-order valence-electron chi connectivity index (χ3n) is 5.35. The van der Waals surface area contributed by atoms with Gasteiger partial charge in [0, 0.05) is 20.1 Å². The van der Waals surface area contributed by atoms with Crippen LogP contribution in [0.3, 0.4) is 0 Å². The molecule has 4 rings (SSSR count). The van der Waals surface area contributed by atoms with Crippen LogP contribution in [-0.4, -0.2) is 55.5 Å². The average Bonchev–Trinajstić information content (AvgIpc) is 3.30. The Bertz CT molecular complexity index is 1110. The van der Waals surface area contributed by atoms with Gasteiger partial charge in [0.25, 0.3) is 5.91 Å². The van der Waals surface area contributed by atoms with E-state index in [-0.39, 0.29) is 5.91 Å². The van der Waals surface area contributed by atoms with Crippen molar-refractivity contribution in [3.63, 3.8) is 0 Å². The average molecular weight is 457 g/mol. The van der Waals surface area contributed by atoms with E-state index in [4.69, 9.17) is 16.1 Å². The first-order chi connectivity index (χ1) is 15.2. The molecule has 0 atom stereocenters. The molecule has 0 spiro atoms. The molecule has 0 aliphatic carbocycles. The molecule has 1 aliphatic rings. The van der Waals surface area contributed by atoms with Gasteiger partial charge in [-0.05, 0) is 24.0 Å². The van der Waals surface area contributed by atoms with Gasteiger partial charge in [0.05, 0.1) is 35.1 Å². The first-order valence-corrected chi connectivity index (χ1v) is 11.3. The van der Waals surface area contributed by atoms with Crippen LogP contribution < -0.4 is 0 Å². The first-order valence-electron chi connectivity index (χ1n) is 10.9. The minimum atomic E-state index is -0.132. The van der Waals surface area contributed by atoms with Crippen LogP contribution in [0.5, 0.6) is 0 Å². The second-order valence-corrected chi connectivity index (χ2v) is 9.61. The molecular weight excluding hydrogens is 428 g/mol. The molecule has 1 aromatic carbocycles. The summed E-state index contributed by atoms with van der Waals surface area (Å²) in [7, 11) is 1.75. The van der Waals surface area contributed by atoms with Gasteiger partial charge in [-0.25, -0.2) is 4.98 Å². The van der Waals surface area contributed by atoms with Crippen molar-refractivity contribution in [1.82, 2.24) is 29.5 Å². The van der Waals surface area contributed by atoms with Gasteiger partial charge >= 0.3 is 0 Å². The lowest BCUT2D eigenvalue weighted by atomic mass is 10.1. The number of amides is 1. The largest absolute Gasteiger partial charge is 0.337 e. The van der Waals surface area contributed by atoms with Gasteiger partial charge in [-0.15, -0.1) is 0 Å². The maximum atomic E-state index is 12.9. The molecule has 3 aromatic rings. The summed E-state index contributed by atoms with van der Waals surface area (Å²) < 4.78 is 7.47. The van der Waals surface area contributed by atoms with Gasteiger partial charge in [-0.3, -0.25) is 14.3 Å². The number of hydrogen-bond acceptors (Lipinski definition) is 6. The molecule has 2 aromatic heterocycles. The van der Waals surface area contributed by atoms with Gasteiger partial charge in [0.1, 0.15) is 12.0 Å². The number of nitrogens with zero attached hydrogens (tertiary/aromatic N) is 6. The lowest BCUT2D eigenvalue weighted by molar-refractivity contribution is 0.0788. The summed E-state index contributed by atoms with van der Waals surface area (Å²) >= 11 is 6.36. The minimum Gasteiger partial charge on any atom is -0.337 e. The highest BCUT2D eigenvalue weighted by Crippen LogP contribution is 2.32. The Kier molecular flexibility index (Phi) is 6.35. The number of hydrogen-bond donors (Lipinski definition) is 0. The Balaban J connectivity index is 1.67. The smallest absolute Gasteiger partial charge is 0.257 e. The summed E-state index contributed by atoms with van der Waals surface area (Å²) in [6, 6.07) is 5.42. The van der Waals surface area contributed by atoms with Crippen molar-refractivity contribution in [3.05, 3.63) is 46.7 Å². The maximum Gasteiger partial charge on any atom is 0.257 e. The van der Waals surface area contributed by atoms with E-state index in [9.17, 15) is 4.79 Å². The van der Waals surface area contributed by atoms with Crippen molar-refractivity contribution in [2.75, 3.05) is 20.1 Å². The van der Waals surface area contributed by atoms with E-state index in [1.807, 2.05) is 16.7 Å². The molecule has 0 N–H and O–H groups in total. The summed E-state index contributed by atoms with van der Waals surface area (Å²) in [6.07, 6.45) is 1.69. The Labute approximate surface area is 193 Å². The summed E-state index contributed by atoms with van der Waals surface area (Å²) in [5.74, 6) is 1.94. The van der Waals surface area contributed by atoms with Crippen LogP contribution in [0.1, 0.15) is 49.6 Å². The second-order valence-electron chi connectivity index (χ2n) is 9.20. The predicted molar refractivity (Wildman–Crippen MR) is 123 cm³/mol. The molecule has 3 heterocycles. The minimum absolute atomic E-state index is 0.132. The Morgan fingerprint density at radius 2 is 1.91 bits per heavy atom. The van der Waals surface area contributed by atoms with Crippen molar-refractivity contribution < 1.29 is 9.32 Å². The SMILES string of the molecule is CC(C)CN(Cc1nc(-c2ncn3c2CN(C)C(=O)c2c(Cl)cccc2-3)no1)CC(C)C. The molecule has 0 unspecified atom stereocenters. The summed E-state index contributed by atoms with van der Waals surface area (Å²) in [6.45, 7) is 11.7. The number of benzene rings is 1. The van der Waals surface area contributed by atoms with Crippen LogP contribution in [0.2, 0.25) is 5.02 Å². The van der Waals surface area contributed by atoms with E-state index >= 15 is 0 Å². The number of carbonyl (C=O) groups excluding carboxylic acids is 1. The third-order valence-corrected chi connectivity index (χ3v) is 5.67. The van der Waals surface area contributed by atoms with Crippen molar-refractivity contribution >= 4 is 17.5 Å². The zero-order valence-corrected chi connectivity index (χ0v) is 19.9. The van der Waals surface area contributed by atoms with Gasteiger partial charge in [-0.2, -0.15) is 4.98 Å². The summed E-state index contributed by atoms with van der Waals surface area (Å²) in [5.41, 5.74) is 2.58. The number of halogens is 1. The highest BCUT2D eigenvalue weighted by molar-refractivity contribution is 6.34. The van der Waals surface area contributed by atoms with E-state index in [2.05, 4.69) is 47.7 Å². The molecule has 0 saturated carbocycles. The van der Waals surface area contributed by atoms with Crippen LogP contribution in [0.25, 0.3) is 17.2 Å². The molecule has 0 bridgehead atoms. The highest BCUT2D eigenvalue weighted by atomic mass is 35.5. The van der Waals surface area contributed by atoms with Gasteiger partial charge in [-0.1, -0.05) is 50.5 Å². The molecular formula is C23H29ClN6O2. The molecule has 8 nitrogen and oxygen atoms in total. The molecule has 0 fully saturated rings. The fourth-order valence-electron chi connectivity index (χ4n) is 4.17. The number of imidazole rings is 1. The zero-order chi connectivity index (χ0) is 23.0. The number of fused-ring (bicyclic) bond motifs is 3. The van der Waals surface area contributed by atoms with E-state index in [1.54, 1.807) is 24.3 Å². The second kappa shape index (κ2) is 9.03. The number of carbonyl (C=O) groups is 1. The molecule has 170 valence electrons. The summed E-state index contributed by atoms with van der Waals surface area (Å²) in [5, 5.41) is 4.62. The van der Waals surface area contributed by atoms with E-state index in [1.165, 1.54) is 0 Å². The zero-order valence-electron chi connectivity index (χ0n) is 19.2. The number of aromatic nitrogens is 4. The van der Waals surface area contributed by atoms with E-state index < -0.39 is 0 Å². The first kappa shape index (κ1) is 22.5. The molecule has 9 heteroatoms. The quantitative estimate of drug-likeness (QED) is 0.528. The fraction of sp³-hybridized carbons (Fsp3) is 0.478. The lowest BCUT2D eigenvalue weighted by Gasteiger charge is -2.24. The normalized spacial score (nSPS) is 13.8. The summed E-state index contributed by atoms with van der Waals surface area (Å²) in [4.78, 5) is 26.1. The number of rotatable bonds is 7. The van der Waals surface area contributed by atoms with Crippen molar-refractivity contribution in [1.29, 1.82) is 0 Å². The topological polar surface area (TPSA) is 80.3 Å². The van der Waals surface area contributed by atoms with Crippen molar-refractivity contribution in [2.24, 2.45) is 11.8 Å². The van der Waals surface area contributed by atoms with Crippen LogP contribution >= 0.6 is 11.6 Å². The lowest BCUT2D eigenvalue weighted by Crippen LogP contribution is -2.31. The Hall–Kier alpha value is -2.71. The van der Waals surface area contributed by atoms with Crippen LogP contribution in [0.15, 0.2) is 29.0 Å². The molecule has 1 aliphatic heterocycles. The van der Waals surface area contributed by atoms with Crippen LogP contribution in [-0.2, 0) is 13.1 Å². The van der Waals surface area contributed by atoms with Crippen LogP contribution in [0.4, 0.5) is 0 Å². The Morgan fingerprint density at radius 3 is 2.59 bits per heavy atom. The molecule has 32 heavy (non-hydrogen) atoms. The third kappa shape index (κ3) is 4.42. The predicted octanol–water partition coefficient (Wildman–Crippen LogP) is 4.28. The van der Waals surface area contributed by atoms with Crippen molar-refractivity contribution in [3.8, 4) is 17.2 Å². The van der Waals surface area contributed by atoms with Gasteiger partial charge < -0.3 is 9.42 Å². The van der Waals surface area contributed by atoms with Gasteiger partial charge in [0.15, 0.2) is 0 Å². The Morgan fingerprint density at radius 1 is 1.19 bits per heavy atom. The molecule has 1 amide bonds. The van der Waals surface area contributed by atoms with E-state index in [0.717, 1.165) is 18.8 Å². The molecule has 0 saturated heterocycles.